The third-order valence-corrected chi connectivity index (χ3v) is 4.65. The Bertz CT molecular complexity index is 425. The first kappa shape index (κ1) is 13.1. The number of rotatable bonds is 5. The molecule has 0 heterocycles. The van der Waals surface area contributed by atoms with Crippen molar-refractivity contribution < 1.29 is 17.9 Å². The second-order valence-corrected chi connectivity index (χ2v) is 5.84. The first-order chi connectivity index (χ1) is 7.51. The number of benzene rings is 1. The van der Waals surface area contributed by atoms with E-state index in [0.717, 1.165) is 0 Å². The van der Waals surface area contributed by atoms with Gasteiger partial charge in [-0.2, -0.15) is 0 Å². The fourth-order valence-electron chi connectivity index (χ4n) is 1.64. The predicted molar refractivity (Wildman–Crippen MR) is 60.3 cm³/mol. The number of hydrogen-bond donors (Lipinski definition) is 1. The standard InChI is InChI=1S/C11H15FO3S/c1-2-11(16(14,15)8-7-13)9-3-5-10(12)6-4-9/h3-6,11,13H,2,7-8H2,1H3/t11-/m0/s1. The molecule has 0 saturated carbocycles. The molecule has 0 unspecified atom stereocenters. The summed E-state index contributed by atoms with van der Waals surface area (Å²) in [4.78, 5) is 0. The van der Waals surface area contributed by atoms with Crippen LogP contribution in [0.3, 0.4) is 0 Å². The number of sulfone groups is 1. The maximum atomic E-state index is 12.7. The van der Waals surface area contributed by atoms with E-state index in [0.29, 0.717) is 12.0 Å². The number of aliphatic hydroxyl groups is 1. The molecule has 0 bridgehead atoms. The Morgan fingerprint density at radius 2 is 1.88 bits per heavy atom. The van der Waals surface area contributed by atoms with Crippen LogP contribution in [0.15, 0.2) is 24.3 Å². The molecule has 0 aliphatic rings. The fourth-order valence-corrected chi connectivity index (χ4v) is 3.26. The molecule has 0 saturated heterocycles. The second-order valence-electron chi connectivity index (χ2n) is 3.54. The van der Waals surface area contributed by atoms with Crippen LogP contribution in [0, 0.1) is 5.82 Å². The third-order valence-electron chi connectivity index (χ3n) is 2.42. The second kappa shape index (κ2) is 5.41. The van der Waals surface area contributed by atoms with Crippen LogP contribution in [-0.2, 0) is 9.84 Å². The quantitative estimate of drug-likeness (QED) is 0.860. The van der Waals surface area contributed by atoms with E-state index in [1.54, 1.807) is 6.92 Å². The molecule has 1 atom stereocenters. The monoisotopic (exact) mass is 246 g/mol. The smallest absolute Gasteiger partial charge is 0.159 e. The summed E-state index contributed by atoms with van der Waals surface area (Å²) >= 11 is 0. The van der Waals surface area contributed by atoms with E-state index in [1.165, 1.54) is 24.3 Å². The van der Waals surface area contributed by atoms with Crippen LogP contribution in [0.2, 0.25) is 0 Å². The normalized spacial score (nSPS) is 13.7. The molecule has 0 spiro atoms. The summed E-state index contributed by atoms with van der Waals surface area (Å²) in [6.45, 7) is 1.36. The van der Waals surface area contributed by atoms with Gasteiger partial charge in [0.05, 0.1) is 17.6 Å². The van der Waals surface area contributed by atoms with Crippen molar-refractivity contribution >= 4 is 9.84 Å². The molecule has 5 heteroatoms. The van der Waals surface area contributed by atoms with Gasteiger partial charge in [-0.1, -0.05) is 19.1 Å². The minimum atomic E-state index is -3.36. The van der Waals surface area contributed by atoms with Crippen LogP contribution in [-0.4, -0.2) is 25.9 Å². The van der Waals surface area contributed by atoms with Gasteiger partial charge in [-0.15, -0.1) is 0 Å². The fraction of sp³-hybridized carbons (Fsp3) is 0.455. The molecule has 3 nitrogen and oxygen atoms in total. The molecule has 0 aliphatic heterocycles. The summed E-state index contributed by atoms with van der Waals surface area (Å²) in [5, 5.41) is 8.03. The van der Waals surface area contributed by atoms with Crippen LogP contribution < -0.4 is 0 Å². The van der Waals surface area contributed by atoms with Gasteiger partial charge in [0.2, 0.25) is 0 Å². The van der Waals surface area contributed by atoms with Crippen molar-refractivity contribution in [3.05, 3.63) is 35.6 Å². The van der Waals surface area contributed by atoms with Gasteiger partial charge >= 0.3 is 0 Å². The van der Waals surface area contributed by atoms with E-state index in [1.807, 2.05) is 0 Å². The zero-order chi connectivity index (χ0) is 12.2. The maximum absolute atomic E-state index is 12.7. The first-order valence-corrected chi connectivity index (χ1v) is 6.80. The Labute approximate surface area is 94.8 Å². The summed E-state index contributed by atoms with van der Waals surface area (Å²) in [6.07, 6.45) is 0.411. The molecule has 0 aliphatic carbocycles. The Morgan fingerprint density at radius 1 is 1.31 bits per heavy atom. The van der Waals surface area contributed by atoms with E-state index in [4.69, 9.17) is 5.11 Å². The zero-order valence-corrected chi connectivity index (χ0v) is 9.87. The molecular formula is C11H15FO3S. The third kappa shape index (κ3) is 3.02. The van der Waals surface area contributed by atoms with E-state index in [-0.39, 0.29) is 12.4 Å². The lowest BCUT2D eigenvalue weighted by molar-refractivity contribution is 0.319. The van der Waals surface area contributed by atoms with E-state index >= 15 is 0 Å². The average molecular weight is 246 g/mol. The lowest BCUT2D eigenvalue weighted by Gasteiger charge is -2.15. The minimum absolute atomic E-state index is 0.261. The van der Waals surface area contributed by atoms with Gasteiger partial charge in [-0.3, -0.25) is 0 Å². The van der Waals surface area contributed by atoms with E-state index < -0.39 is 20.9 Å². The molecule has 1 rings (SSSR count). The van der Waals surface area contributed by atoms with Gasteiger partial charge in [0.15, 0.2) is 9.84 Å². The molecule has 16 heavy (non-hydrogen) atoms. The van der Waals surface area contributed by atoms with E-state index in [2.05, 4.69) is 0 Å². The molecule has 0 radical (unpaired) electrons. The van der Waals surface area contributed by atoms with Gasteiger partial charge in [0.25, 0.3) is 0 Å². The molecule has 90 valence electrons. The molecule has 1 aromatic carbocycles. The van der Waals surface area contributed by atoms with E-state index in [9.17, 15) is 12.8 Å². The number of halogens is 1. The van der Waals surface area contributed by atoms with Gasteiger partial charge in [0, 0.05) is 0 Å². The summed E-state index contributed by atoms with van der Waals surface area (Å²) < 4.78 is 36.3. The van der Waals surface area contributed by atoms with Crippen molar-refractivity contribution in [1.82, 2.24) is 0 Å². The highest BCUT2D eigenvalue weighted by Crippen LogP contribution is 2.26. The Balaban J connectivity index is 3.03. The average Bonchev–Trinajstić information content (AvgIpc) is 2.21. The van der Waals surface area contributed by atoms with Crippen LogP contribution in [0.25, 0.3) is 0 Å². The molecule has 0 aromatic heterocycles. The molecular weight excluding hydrogens is 231 g/mol. The Kier molecular flexibility index (Phi) is 4.44. The van der Waals surface area contributed by atoms with Crippen LogP contribution in [0.4, 0.5) is 4.39 Å². The van der Waals surface area contributed by atoms with Crippen molar-refractivity contribution in [3.8, 4) is 0 Å². The minimum Gasteiger partial charge on any atom is -0.395 e. The number of hydrogen-bond acceptors (Lipinski definition) is 3. The highest BCUT2D eigenvalue weighted by atomic mass is 32.2. The zero-order valence-electron chi connectivity index (χ0n) is 9.06. The number of aliphatic hydroxyl groups excluding tert-OH is 1. The predicted octanol–water partition coefficient (Wildman–Crippen LogP) is 1.68. The summed E-state index contributed by atoms with van der Waals surface area (Å²) in [5.41, 5.74) is 0.567. The summed E-state index contributed by atoms with van der Waals surface area (Å²) in [7, 11) is -3.36. The summed E-state index contributed by atoms with van der Waals surface area (Å²) in [6, 6.07) is 5.43. The van der Waals surface area contributed by atoms with Crippen LogP contribution in [0.1, 0.15) is 24.2 Å². The van der Waals surface area contributed by atoms with Gasteiger partial charge < -0.3 is 5.11 Å². The van der Waals surface area contributed by atoms with Crippen LogP contribution >= 0.6 is 0 Å². The van der Waals surface area contributed by atoms with Crippen LogP contribution in [0.5, 0.6) is 0 Å². The first-order valence-electron chi connectivity index (χ1n) is 5.09. The van der Waals surface area contributed by atoms with Crippen molar-refractivity contribution in [1.29, 1.82) is 0 Å². The molecule has 1 N–H and O–H groups in total. The van der Waals surface area contributed by atoms with Crippen molar-refractivity contribution in [2.75, 3.05) is 12.4 Å². The lowest BCUT2D eigenvalue weighted by atomic mass is 10.1. The summed E-state index contributed by atoms with van der Waals surface area (Å²) in [5.74, 6) is -0.652. The Hall–Kier alpha value is -0.940. The molecule has 1 aromatic rings. The topological polar surface area (TPSA) is 54.4 Å². The molecule has 0 fully saturated rings. The lowest BCUT2D eigenvalue weighted by Crippen LogP contribution is -2.18. The molecule has 0 amide bonds. The van der Waals surface area contributed by atoms with Crippen molar-refractivity contribution in [2.45, 2.75) is 18.6 Å². The highest BCUT2D eigenvalue weighted by molar-refractivity contribution is 7.91. The van der Waals surface area contributed by atoms with Crippen molar-refractivity contribution in [2.24, 2.45) is 0 Å². The Morgan fingerprint density at radius 3 is 2.31 bits per heavy atom. The largest absolute Gasteiger partial charge is 0.395 e. The van der Waals surface area contributed by atoms with Gasteiger partial charge in [-0.25, -0.2) is 12.8 Å². The highest BCUT2D eigenvalue weighted by Gasteiger charge is 2.24. The van der Waals surface area contributed by atoms with Gasteiger partial charge in [0.1, 0.15) is 5.82 Å². The SMILES string of the molecule is CC[C@@H](c1ccc(F)cc1)S(=O)(=O)CCO. The maximum Gasteiger partial charge on any atom is 0.159 e. The van der Waals surface area contributed by atoms with Crippen molar-refractivity contribution in [3.63, 3.8) is 0 Å². The van der Waals surface area contributed by atoms with Gasteiger partial charge in [-0.05, 0) is 24.1 Å².